The summed E-state index contributed by atoms with van der Waals surface area (Å²) in [5, 5.41) is 12.7. The summed E-state index contributed by atoms with van der Waals surface area (Å²) in [6, 6.07) is 12.2. The Morgan fingerprint density at radius 2 is 1.72 bits per heavy atom. The van der Waals surface area contributed by atoms with Crippen molar-refractivity contribution in [1.82, 2.24) is 5.32 Å². The molecule has 1 heterocycles. The monoisotopic (exact) mass is 414 g/mol. The lowest BCUT2D eigenvalue weighted by Crippen LogP contribution is -2.45. The predicted molar refractivity (Wildman–Crippen MR) is 116 cm³/mol. The molecule has 0 aromatic heterocycles. The van der Waals surface area contributed by atoms with Gasteiger partial charge in [-0.3, -0.25) is 4.79 Å². The van der Waals surface area contributed by atoms with E-state index in [0.717, 1.165) is 37.2 Å². The Bertz CT molecular complexity index is 887. The Morgan fingerprint density at radius 1 is 1.07 bits per heavy atom. The molecule has 5 nitrogen and oxygen atoms in total. The zero-order valence-electron chi connectivity index (χ0n) is 16.9. The van der Waals surface area contributed by atoms with E-state index < -0.39 is 11.5 Å². The molecule has 2 aromatic carbocycles. The first-order chi connectivity index (χ1) is 13.7. The van der Waals surface area contributed by atoms with Crippen LogP contribution in [0, 0.1) is 0 Å². The third kappa shape index (κ3) is 5.51. The maximum Gasteiger partial charge on any atom is 0.335 e. The van der Waals surface area contributed by atoms with Crippen molar-refractivity contribution in [2.24, 2.45) is 0 Å². The molecule has 2 N–H and O–H groups in total. The van der Waals surface area contributed by atoms with Crippen molar-refractivity contribution >= 4 is 29.2 Å². The van der Waals surface area contributed by atoms with Gasteiger partial charge in [0, 0.05) is 29.3 Å². The molecule has 1 fully saturated rings. The first-order valence-electron chi connectivity index (χ1n) is 9.94. The lowest BCUT2D eigenvalue weighted by Gasteiger charge is -2.32. The number of aromatic carboxylic acids is 1. The van der Waals surface area contributed by atoms with E-state index in [0.29, 0.717) is 17.0 Å². The quantitative estimate of drug-likeness (QED) is 0.713. The Kier molecular flexibility index (Phi) is 6.48. The molecule has 154 valence electrons. The minimum absolute atomic E-state index is 0.153. The van der Waals surface area contributed by atoms with Crippen LogP contribution in [0.2, 0.25) is 5.02 Å². The first-order valence-corrected chi connectivity index (χ1v) is 10.3. The van der Waals surface area contributed by atoms with Gasteiger partial charge in [0.1, 0.15) is 0 Å². The van der Waals surface area contributed by atoms with Crippen molar-refractivity contribution in [3.8, 4) is 0 Å². The number of nitrogens with zero attached hydrogens (tertiary/aromatic N) is 1. The maximum absolute atomic E-state index is 13.1. The van der Waals surface area contributed by atoms with Crippen molar-refractivity contribution in [2.45, 2.75) is 45.1 Å². The van der Waals surface area contributed by atoms with E-state index in [2.05, 4.69) is 10.2 Å². The lowest BCUT2D eigenvalue weighted by molar-refractivity contribution is 0.0696. The topological polar surface area (TPSA) is 69.6 Å². The number of nitrogens with one attached hydrogen (secondary N) is 1. The van der Waals surface area contributed by atoms with Crippen LogP contribution < -0.4 is 10.2 Å². The SMILES string of the molecule is CC(C)(Cc1ccc(C(=O)O)cc1)NC(=O)c1cc(Cl)ccc1N1CCCCC1. The van der Waals surface area contributed by atoms with Crippen LogP contribution in [0.4, 0.5) is 5.69 Å². The summed E-state index contributed by atoms with van der Waals surface area (Å²) in [5.41, 5.74) is 2.22. The van der Waals surface area contributed by atoms with Gasteiger partial charge in [-0.2, -0.15) is 0 Å². The van der Waals surface area contributed by atoms with Gasteiger partial charge in [0.2, 0.25) is 0 Å². The van der Waals surface area contributed by atoms with Crippen LogP contribution >= 0.6 is 11.6 Å². The van der Waals surface area contributed by atoms with Crippen molar-refractivity contribution in [1.29, 1.82) is 0 Å². The molecular weight excluding hydrogens is 388 g/mol. The van der Waals surface area contributed by atoms with E-state index in [1.165, 1.54) is 6.42 Å². The van der Waals surface area contributed by atoms with E-state index >= 15 is 0 Å². The second-order valence-corrected chi connectivity index (χ2v) is 8.66. The Labute approximate surface area is 176 Å². The van der Waals surface area contributed by atoms with Gasteiger partial charge in [-0.15, -0.1) is 0 Å². The fourth-order valence-electron chi connectivity index (χ4n) is 3.80. The molecule has 0 atom stereocenters. The molecule has 2 aromatic rings. The van der Waals surface area contributed by atoms with E-state index in [9.17, 15) is 9.59 Å². The zero-order valence-corrected chi connectivity index (χ0v) is 17.6. The third-order valence-electron chi connectivity index (χ3n) is 5.20. The number of halogens is 1. The largest absolute Gasteiger partial charge is 0.478 e. The molecule has 0 radical (unpaired) electrons. The summed E-state index contributed by atoms with van der Waals surface area (Å²) < 4.78 is 0. The Morgan fingerprint density at radius 3 is 2.34 bits per heavy atom. The van der Waals surface area contributed by atoms with Crippen LogP contribution in [0.15, 0.2) is 42.5 Å². The molecule has 1 aliphatic rings. The highest BCUT2D eigenvalue weighted by atomic mass is 35.5. The van der Waals surface area contributed by atoms with E-state index in [1.54, 1.807) is 30.3 Å². The number of hydrogen-bond acceptors (Lipinski definition) is 3. The van der Waals surface area contributed by atoms with E-state index in [-0.39, 0.29) is 11.5 Å². The standard InChI is InChI=1S/C23H27ClN2O3/c1-23(2,15-16-6-8-17(9-7-16)22(28)29)25-21(27)19-14-18(24)10-11-20(19)26-12-4-3-5-13-26/h6-11,14H,3-5,12-13,15H2,1-2H3,(H,25,27)(H,28,29). The lowest BCUT2D eigenvalue weighted by atomic mass is 9.93. The maximum atomic E-state index is 13.1. The molecule has 0 aliphatic carbocycles. The number of carbonyl (C=O) groups is 2. The molecule has 0 bridgehead atoms. The molecule has 1 saturated heterocycles. The minimum Gasteiger partial charge on any atom is -0.478 e. The van der Waals surface area contributed by atoms with Crippen LogP contribution in [0.5, 0.6) is 0 Å². The number of rotatable bonds is 6. The van der Waals surface area contributed by atoms with Gasteiger partial charge in [0.15, 0.2) is 0 Å². The molecule has 29 heavy (non-hydrogen) atoms. The minimum atomic E-state index is -0.949. The molecule has 1 aliphatic heterocycles. The van der Waals surface area contributed by atoms with Crippen molar-refractivity contribution in [3.63, 3.8) is 0 Å². The molecule has 0 spiro atoms. The number of anilines is 1. The Balaban J connectivity index is 1.76. The van der Waals surface area contributed by atoms with Gasteiger partial charge in [0.25, 0.3) is 5.91 Å². The number of hydrogen-bond donors (Lipinski definition) is 2. The molecule has 0 saturated carbocycles. The van der Waals surface area contributed by atoms with Crippen molar-refractivity contribution in [2.75, 3.05) is 18.0 Å². The molecule has 1 amide bonds. The number of benzene rings is 2. The first kappa shape index (κ1) is 21.2. The molecule has 0 unspecified atom stereocenters. The van der Waals surface area contributed by atoms with Gasteiger partial charge in [-0.25, -0.2) is 4.79 Å². The van der Waals surface area contributed by atoms with Gasteiger partial charge < -0.3 is 15.3 Å². The number of carboxylic acids is 1. The third-order valence-corrected chi connectivity index (χ3v) is 5.43. The Hall–Kier alpha value is -2.53. The van der Waals surface area contributed by atoms with Crippen LogP contribution in [-0.2, 0) is 6.42 Å². The summed E-state index contributed by atoms with van der Waals surface area (Å²) in [6.45, 7) is 5.81. The smallest absolute Gasteiger partial charge is 0.335 e. The van der Waals surface area contributed by atoms with Crippen molar-refractivity contribution < 1.29 is 14.7 Å². The van der Waals surface area contributed by atoms with Crippen LogP contribution in [-0.4, -0.2) is 35.6 Å². The average molecular weight is 415 g/mol. The molecule has 3 rings (SSSR count). The van der Waals surface area contributed by atoms with Crippen LogP contribution in [0.25, 0.3) is 0 Å². The summed E-state index contributed by atoms with van der Waals surface area (Å²) in [4.78, 5) is 26.4. The normalized spacial score (nSPS) is 14.5. The highest BCUT2D eigenvalue weighted by Crippen LogP contribution is 2.28. The summed E-state index contributed by atoms with van der Waals surface area (Å²) in [7, 11) is 0. The fourth-order valence-corrected chi connectivity index (χ4v) is 3.97. The van der Waals surface area contributed by atoms with Gasteiger partial charge in [-0.1, -0.05) is 23.7 Å². The van der Waals surface area contributed by atoms with E-state index in [4.69, 9.17) is 16.7 Å². The molecular formula is C23H27ClN2O3. The van der Waals surface area contributed by atoms with Crippen LogP contribution in [0.1, 0.15) is 59.4 Å². The molecule has 6 heteroatoms. The number of amides is 1. The van der Waals surface area contributed by atoms with Gasteiger partial charge in [0.05, 0.1) is 11.1 Å². The number of carboxylic acid groups (broad SMARTS) is 1. The second-order valence-electron chi connectivity index (χ2n) is 8.23. The summed E-state index contributed by atoms with van der Waals surface area (Å²) in [5.74, 6) is -1.10. The number of piperidine rings is 1. The predicted octanol–water partition coefficient (Wildman–Crippen LogP) is 4.78. The second kappa shape index (κ2) is 8.87. The van der Waals surface area contributed by atoms with E-state index in [1.807, 2.05) is 26.0 Å². The fraction of sp³-hybridized carbons (Fsp3) is 0.391. The number of carbonyl (C=O) groups excluding carboxylic acids is 1. The van der Waals surface area contributed by atoms with Gasteiger partial charge in [-0.05, 0) is 75.4 Å². The highest BCUT2D eigenvalue weighted by molar-refractivity contribution is 6.31. The average Bonchev–Trinajstić information content (AvgIpc) is 2.68. The zero-order chi connectivity index (χ0) is 21.0. The summed E-state index contributed by atoms with van der Waals surface area (Å²) in [6.07, 6.45) is 4.06. The highest BCUT2D eigenvalue weighted by Gasteiger charge is 2.25. The van der Waals surface area contributed by atoms with Crippen LogP contribution in [0.3, 0.4) is 0 Å². The van der Waals surface area contributed by atoms with Gasteiger partial charge >= 0.3 is 5.97 Å². The summed E-state index contributed by atoms with van der Waals surface area (Å²) >= 11 is 6.19. The van der Waals surface area contributed by atoms with Crippen molar-refractivity contribution in [3.05, 3.63) is 64.2 Å².